The van der Waals surface area contributed by atoms with Crippen LogP contribution >= 0.6 is 0 Å². The Labute approximate surface area is 207 Å². The summed E-state index contributed by atoms with van der Waals surface area (Å²) in [4.78, 5) is 9.48. The van der Waals surface area contributed by atoms with Gasteiger partial charge in [0.15, 0.2) is 5.65 Å². The summed E-state index contributed by atoms with van der Waals surface area (Å²) in [5.74, 6) is 2.89. The van der Waals surface area contributed by atoms with E-state index in [0.717, 1.165) is 53.7 Å². The predicted octanol–water partition coefficient (Wildman–Crippen LogP) is 5.25. The van der Waals surface area contributed by atoms with Crippen molar-refractivity contribution in [1.82, 2.24) is 24.9 Å². The lowest BCUT2D eigenvalue weighted by Gasteiger charge is -2.23. The van der Waals surface area contributed by atoms with Crippen molar-refractivity contribution >= 4 is 17.3 Å². The van der Waals surface area contributed by atoms with Crippen LogP contribution in [0, 0.1) is 12.8 Å². The van der Waals surface area contributed by atoms with Crippen molar-refractivity contribution in [3.63, 3.8) is 0 Å². The number of nitrogens with one attached hydrogen (secondary N) is 3. The number of hydrogen-bond donors (Lipinski definition) is 3. The first-order chi connectivity index (χ1) is 17.1. The van der Waals surface area contributed by atoms with Gasteiger partial charge in [-0.05, 0) is 61.9 Å². The molecule has 7 heteroatoms. The van der Waals surface area contributed by atoms with Crippen LogP contribution in [0.3, 0.4) is 0 Å². The molecule has 0 unspecified atom stereocenters. The quantitative estimate of drug-likeness (QED) is 0.327. The van der Waals surface area contributed by atoms with Gasteiger partial charge < -0.3 is 16.0 Å². The SMILES string of the molecule is Cc1cccnc1-c1ccc(CNc2cc(NCC3CCNCC3)nc3c(C(C)C)cnn23)cc1. The zero-order valence-corrected chi connectivity index (χ0v) is 20.9. The average molecular weight is 470 g/mol. The number of aryl methyl sites for hydroxylation is 1. The zero-order valence-electron chi connectivity index (χ0n) is 20.9. The van der Waals surface area contributed by atoms with E-state index >= 15 is 0 Å². The highest BCUT2D eigenvalue weighted by molar-refractivity contribution is 5.63. The lowest BCUT2D eigenvalue weighted by molar-refractivity contribution is 0.389. The molecule has 1 aromatic carbocycles. The molecule has 182 valence electrons. The molecule has 1 saturated heterocycles. The highest BCUT2D eigenvalue weighted by Crippen LogP contribution is 2.26. The fourth-order valence-corrected chi connectivity index (χ4v) is 4.70. The third-order valence-electron chi connectivity index (χ3n) is 6.86. The molecular weight excluding hydrogens is 434 g/mol. The van der Waals surface area contributed by atoms with Crippen LogP contribution in [-0.2, 0) is 6.54 Å². The molecule has 0 spiro atoms. The van der Waals surface area contributed by atoms with Gasteiger partial charge in [0.05, 0.1) is 11.9 Å². The molecule has 0 atom stereocenters. The molecule has 0 aliphatic carbocycles. The fraction of sp³-hybridized carbons (Fsp3) is 0.393. The topological polar surface area (TPSA) is 79.2 Å². The molecule has 1 aliphatic heterocycles. The maximum absolute atomic E-state index is 4.94. The number of pyridine rings is 1. The van der Waals surface area contributed by atoms with Crippen molar-refractivity contribution in [2.24, 2.45) is 5.92 Å². The summed E-state index contributed by atoms with van der Waals surface area (Å²) in [5, 5.41) is 15.3. The Balaban J connectivity index is 1.35. The molecule has 35 heavy (non-hydrogen) atoms. The number of benzene rings is 1. The minimum atomic E-state index is 0.357. The number of rotatable bonds is 8. The maximum atomic E-state index is 4.94. The van der Waals surface area contributed by atoms with Crippen LogP contribution in [-0.4, -0.2) is 39.2 Å². The van der Waals surface area contributed by atoms with Crippen molar-refractivity contribution in [2.75, 3.05) is 30.3 Å². The second-order valence-corrected chi connectivity index (χ2v) is 9.81. The fourth-order valence-electron chi connectivity index (χ4n) is 4.70. The maximum Gasteiger partial charge on any atom is 0.163 e. The molecule has 7 nitrogen and oxygen atoms in total. The molecular formula is C28H35N7. The van der Waals surface area contributed by atoms with Gasteiger partial charge in [0.1, 0.15) is 11.6 Å². The Morgan fingerprint density at radius 2 is 1.89 bits per heavy atom. The molecule has 0 radical (unpaired) electrons. The van der Waals surface area contributed by atoms with Crippen LogP contribution in [0.5, 0.6) is 0 Å². The number of aromatic nitrogens is 4. The molecule has 4 aromatic rings. The van der Waals surface area contributed by atoms with Crippen LogP contribution in [0.2, 0.25) is 0 Å². The summed E-state index contributed by atoms with van der Waals surface area (Å²) in [6.07, 6.45) is 6.20. The zero-order chi connectivity index (χ0) is 24.2. The summed E-state index contributed by atoms with van der Waals surface area (Å²) in [6, 6.07) is 14.8. The Hall–Kier alpha value is -3.45. The van der Waals surface area contributed by atoms with Crippen LogP contribution in [0.1, 0.15) is 49.3 Å². The average Bonchev–Trinajstić information content (AvgIpc) is 3.32. The Morgan fingerprint density at radius 3 is 2.63 bits per heavy atom. The van der Waals surface area contributed by atoms with E-state index in [2.05, 4.69) is 83.2 Å². The number of fused-ring (bicyclic) bond motifs is 1. The van der Waals surface area contributed by atoms with Crippen molar-refractivity contribution in [3.8, 4) is 11.3 Å². The van der Waals surface area contributed by atoms with Crippen LogP contribution in [0.4, 0.5) is 11.6 Å². The largest absolute Gasteiger partial charge is 0.370 e. The number of hydrogen-bond acceptors (Lipinski definition) is 6. The van der Waals surface area contributed by atoms with Crippen LogP contribution in [0.15, 0.2) is 54.9 Å². The number of nitrogens with zero attached hydrogens (tertiary/aromatic N) is 4. The van der Waals surface area contributed by atoms with Crippen LogP contribution < -0.4 is 16.0 Å². The lowest BCUT2D eigenvalue weighted by Crippen LogP contribution is -2.31. The van der Waals surface area contributed by atoms with Crippen molar-refractivity contribution in [2.45, 2.75) is 46.1 Å². The molecule has 3 N–H and O–H groups in total. The van der Waals surface area contributed by atoms with E-state index < -0.39 is 0 Å². The summed E-state index contributed by atoms with van der Waals surface area (Å²) >= 11 is 0. The molecule has 0 amide bonds. The highest BCUT2D eigenvalue weighted by atomic mass is 15.3. The monoisotopic (exact) mass is 469 g/mol. The van der Waals surface area contributed by atoms with Gasteiger partial charge >= 0.3 is 0 Å². The van der Waals surface area contributed by atoms with Gasteiger partial charge in [0, 0.05) is 36.5 Å². The second-order valence-electron chi connectivity index (χ2n) is 9.81. The normalized spacial score (nSPS) is 14.5. The van der Waals surface area contributed by atoms with Gasteiger partial charge in [-0.25, -0.2) is 4.98 Å². The summed E-state index contributed by atoms with van der Waals surface area (Å²) in [5.41, 5.74) is 6.63. The predicted molar refractivity (Wildman–Crippen MR) is 143 cm³/mol. The lowest BCUT2D eigenvalue weighted by atomic mass is 9.98. The van der Waals surface area contributed by atoms with Gasteiger partial charge in [-0.1, -0.05) is 44.2 Å². The van der Waals surface area contributed by atoms with Gasteiger partial charge in [-0.2, -0.15) is 9.61 Å². The summed E-state index contributed by atoms with van der Waals surface area (Å²) < 4.78 is 1.93. The van der Waals surface area contributed by atoms with Crippen molar-refractivity contribution < 1.29 is 0 Å². The van der Waals surface area contributed by atoms with E-state index in [-0.39, 0.29) is 0 Å². The van der Waals surface area contributed by atoms with E-state index in [1.165, 1.54) is 24.0 Å². The Bertz CT molecular complexity index is 1270. The molecule has 1 aliphatic rings. The molecule has 1 fully saturated rings. The van der Waals surface area contributed by atoms with Gasteiger partial charge in [-0.15, -0.1) is 0 Å². The molecule has 5 rings (SSSR count). The summed E-state index contributed by atoms with van der Waals surface area (Å²) in [6.45, 7) is 10.3. The van der Waals surface area contributed by atoms with E-state index in [9.17, 15) is 0 Å². The first-order valence-electron chi connectivity index (χ1n) is 12.7. The third-order valence-corrected chi connectivity index (χ3v) is 6.86. The first-order valence-corrected chi connectivity index (χ1v) is 12.7. The van der Waals surface area contributed by atoms with E-state index in [0.29, 0.717) is 18.4 Å². The third kappa shape index (κ3) is 5.30. The van der Waals surface area contributed by atoms with Crippen molar-refractivity contribution in [1.29, 1.82) is 0 Å². The molecule has 0 bridgehead atoms. The highest BCUT2D eigenvalue weighted by Gasteiger charge is 2.16. The number of anilines is 2. The van der Waals surface area contributed by atoms with Gasteiger partial charge in [0.25, 0.3) is 0 Å². The standard InChI is InChI=1S/C28H35N7/c1-19(2)24-18-33-35-26(15-25(34-28(24)35)31-16-22-10-13-29-14-11-22)32-17-21-6-8-23(9-7-21)27-20(3)5-4-12-30-27/h4-9,12,15,18-19,22,29,32H,10-11,13-14,16-17H2,1-3H3,(H,31,34). The van der Waals surface area contributed by atoms with E-state index in [4.69, 9.17) is 4.98 Å². The minimum Gasteiger partial charge on any atom is -0.370 e. The Morgan fingerprint density at radius 1 is 1.09 bits per heavy atom. The second kappa shape index (κ2) is 10.4. The smallest absolute Gasteiger partial charge is 0.163 e. The Kier molecular flexibility index (Phi) is 6.95. The van der Waals surface area contributed by atoms with Gasteiger partial charge in [0.2, 0.25) is 0 Å². The van der Waals surface area contributed by atoms with Gasteiger partial charge in [-0.3, -0.25) is 4.98 Å². The van der Waals surface area contributed by atoms with E-state index in [1.54, 1.807) is 0 Å². The number of piperidine rings is 1. The van der Waals surface area contributed by atoms with E-state index in [1.807, 2.05) is 23.0 Å². The molecule has 0 saturated carbocycles. The molecule has 4 heterocycles. The van der Waals surface area contributed by atoms with Crippen LogP contribution in [0.25, 0.3) is 16.9 Å². The molecule has 3 aromatic heterocycles. The van der Waals surface area contributed by atoms with Crippen molar-refractivity contribution in [3.05, 3.63) is 71.5 Å². The first kappa shape index (κ1) is 23.3. The summed E-state index contributed by atoms with van der Waals surface area (Å²) in [7, 11) is 0. The minimum absolute atomic E-state index is 0.357.